The fourth-order valence-electron chi connectivity index (χ4n) is 2.40. The van der Waals surface area contributed by atoms with E-state index in [1.54, 1.807) is 44.2 Å². The molecule has 1 amide bonds. The molecule has 27 heavy (non-hydrogen) atoms. The second kappa shape index (κ2) is 7.45. The first-order chi connectivity index (χ1) is 12.9. The van der Waals surface area contributed by atoms with Crippen molar-refractivity contribution in [2.75, 3.05) is 5.32 Å². The normalized spacial score (nSPS) is 11.3. The van der Waals surface area contributed by atoms with Crippen LogP contribution in [-0.2, 0) is 21.4 Å². The molecule has 8 nitrogen and oxygen atoms in total. The van der Waals surface area contributed by atoms with Crippen molar-refractivity contribution >= 4 is 17.6 Å². The molecule has 0 unspecified atom stereocenters. The molecule has 0 fully saturated rings. The van der Waals surface area contributed by atoms with Gasteiger partial charge >= 0.3 is 5.97 Å². The van der Waals surface area contributed by atoms with Crippen molar-refractivity contribution in [1.29, 1.82) is 0 Å². The molecule has 2 aromatic heterocycles. The number of carboxylic acid groups (broad SMARTS) is 1. The maximum atomic E-state index is 12.1. The predicted molar refractivity (Wildman–Crippen MR) is 96.1 cm³/mol. The van der Waals surface area contributed by atoms with Gasteiger partial charge in [0.05, 0.1) is 17.2 Å². The molecular weight excluding hydrogens is 350 g/mol. The molecule has 0 saturated carbocycles. The first-order valence-electron chi connectivity index (χ1n) is 8.35. The van der Waals surface area contributed by atoms with Gasteiger partial charge in [-0.1, -0.05) is 17.3 Å². The van der Waals surface area contributed by atoms with Crippen molar-refractivity contribution in [3.8, 4) is 11.4 Å². The van der Waals surface area contributed by atoms with Crippen LogP contribution in [0.3, 0.4) is 0 Å². The van der Waals surface area contributed by atoms with E-state index in [9.17, 15) is 14.7 Å². The van der Waals surface area contributed by atoms with Gasteiger partial charge in [-0.15, -0.1) is 0 Å². The number of furan rings is 1. The maximum Gasteiger partial charge on any atom is 0.313 e. The van der Waals surface area contributed by atoms with Gasteiger partial charge in [0.25, 0.3) is 0 Å². The van der Waals surface area contributed by atoms with Crippen molar-refractivity contribution in [2.24, 2.45) is 0 Å². The third kappa shape index (κ3) is 4.22. The molecule has 0 saturated heterocycles. The van der Waals surface area contributed by atoms with E-state index < -0.39 is 11.4 Å². The van der Waals surface area contributed by atoms with Gasteiger partial charge in [0.2, 0.25) is 17.6 Å². The molecule has 0 bridgehead atoms. The van der Waals surface area contributed by atoms with Crippen molar-refractivity contribution in [3.63, 3.8) is 0 Å². The van der Waals surface area contributed by atoms with Crippen molar-refractivity contribution in [2.45, 2.75) is 32.1 Å². The Bertz CT molecular complexity index is 927. The molecule has 0 spiro atoms. The largest absolute Gasteiger partial charge is 0.481 e. The zero-order chi connectivity index (χ0) is 19.4. The Kier molecular flexibility index (Phi) is 5.07. The summed E-state index contributed by atoms with van der Waals surface area (Å²) in [5.41, 5.74) is 0.965. The molecule has 0 aliphatic carbocycles. The lowest BCUT2D eigenvalue weighted by molar-refractivity contribution is -0.142. The van der Waals surface area contributed by atoms with Crippen LogP contribution in [0.25, 0.3) is 11.4 Å². The summed E-state index contributed by atoms with van der Waals surface area (Å²) in [7, 11) is 0. The van der Waals surface area contributed by atoms with E-state index in [0.29, 0.717) is 35.0 Å². The number of anilines is 1. The smallest absolute Gasteiger partial charge is 0.313 e. The first kappa shape index (κ1) is 18.4. The number of amides is 1. The van der Waals surface area contributed by atoms with E-state index in [1.807, 2.05) is 0 Å². The van der Waals surface area contributed by atoms with Crippen LogP contribution in [0.2, 0.25) is 0 Å². The van der Waals surface area contributed by atoms with Crippen LogP contribution in [0, 0.1) is 0 Å². The molecule has 2 heterocycles. The van der Waals surface area contributed by atoms with Crippen LogP contribution >= 0.6 is 0 Å². The summed E-state index contributed by atoms with van der Waals surface area (Å²) >= 11 is 0. The van der Waals surface area contributed by atoms with E-state index in [2.05, 4.69) is 15.5 Å². The highest BCUT2D eigenvalue weighted by atomic mass is 16.5. The average molecular weight is 369 g/mol. The Morgan fingerprint density at radius 2 is 1.93 bits per heavy atom. The number of aromatic nitrogens is 2. The molecule has 0 atom stereocenters. The monoisotopic (exact) mass is 369 g/mol. The van der Waals surface area contributed by atoms with E-state index in [-0.39, 0.29) is 12.3 Å². The standard InChI is InChI=1S/C19H19N3O5/c1-19(2,18(24)25)13-3-5-14(6-4-13)20-15(23)7-8-16-21-17(22-27-16)12-9-10-26-11-12/h3-6,9-11H,7-8H2,1-2H3,(H,20,23)(H,24,25). The highest BCUT2D eigenvalue weighted by Crippen LogP contribution is 2.25. The highest BCUT2D eigenvalue weighted by Gasteiger charge is 2.29. The predicted octanol–water partition coefficient (Wildman–Crippen LogP) is 3.26. The lowest BCUT2D eigenvalue weighted by Gasteiger charge is -2.19. The SMILES string of the molecule is CC(C)(C(=O)O)c1ccc(NC(=O)CCc2nc(-c3ccoc3)no2)cc1. The van der Waals surface area contributed by atoms with Gasteiger partial charge in [0, 0.05) is 18.5 Å². The van der Waals surface area contributed by atoms with E-state index in [0.717, 1.165) is 0 Å². The minimum absolute atomic E-state index is 0.176. The zero-order valence-electron chi connectivity index (χ0n) is 14.9. The number of carbonyl (C=O) groups is 2. The third-order valence-corrected chi connectivity index (χ3v) is 4.24. The Labute approximate surface area is 155 Å². The van der Waals surface area contributed by atoms with Crippen molar-refractivity contribution in [1.82, 2.24) is 10.1 Å². The van der Waals surface area contributed by atoms with Gasteiger partial charge < -0.3 is 19.4 Å². The Morgan fingerprint density at radius 1 is 1.19 bits per heavy atom. The number of benzene rings is 1. The summed E-state index contributed by atoms with van der Waals surface area (Å²) in [6.45, 7) is 3.26. The maximum absolute atomic E-state index is 12.1. The fraction of sp³-hybridized carbons (Fsp3) is 0.263. The van der Waals surface area contributed by atoms with E-state index in [1.165, 1.54) is 12.5 Å². The number of rotatable bonds is 7. The summed E-state index contributed by atoms with van der Waals surface area (Å²) in [5.74, 6) is -0.340. The number of carbonyl (C=O) groups excluding carboxylic acids is 1. The highest BCUT2D eigenvalue weighted by molar-refractivity contribution is 5.91. The molecule has 0 aliphatic heterocycles. The zero-order valence-corrected chi connectivity index (χ0v) is 14.9. The summed E-state index contributed by atoms with van der Waals surface area (Å²) in [5, 5.41) is 15.9. The third-order valence-electron chi connectivity index (χ3n) is 4.24. The van der Waals surface area contributed by atoms with Crippen LogP contribution < -0.4 is 5.32 Å². The van der Waals surface area contributed by atoms with E-state index >= 15 is 0 Å². The van der Waals surface area contributed by atoms with Crippen LogP contribution in [-0.4, -0.2) is 27.1 Å². The van der Waals surface area contributed by atoms with Crippen molar-refractivity contribution in [3.05, 3.63) is 54.3 Å². The van der Waals surface area contributed by atoms with Gasteiger partial charge in [-0.25, -0.2) is 0 Å². The number of aryl methyl sites for hydroxylation is 1. The number of nitrogens with one attached hydrogen (secondary N) is 1. The summed E-state index contributed by atoms with van der Waals surface area (Å²) in [6, 6.07) is 8.47. The molecule has 3 aromatic rings. The average Bonchev–Trinajstić information content (AvgIpc) is 3.32. The van der Waals surface area contributed by atoms with Gasteiger partial charge in [0.15, 0.2) is 0 Å². The van der Waals surface area contributed by atoms with Crippen molar-refractivity contribution < 1.29 is 23.6 Å². The number of aliphatic carboxylic acids is 1. The van der Waals surface area contributed by atoms with Gasteiger partial charge in [0.1, 0.15) is 6.26 Å². The van der Waals surface area contributed by atoms with Gasteiger partial charge in [-0.3, -0.25) is 9.59 Å². The minimum Gasteiger partial charge on any atom is -0.481 e. The molecule has 1 aromatic carbocycles. The molecule has 0 aliphatic rings. The summed E-state index contributed by atoms with van der Waals surface area (Å²) in [4.78, 5) is 27.6. The Hall–Kier alpha value is -3.42. The van der Waals surface area contributed by atoms with E-state index in [4.69, 9.17) is 8.94 Å². The lowest BCUT2D eigenvalue weighted by Crippen LogP contribution is -2.28. The topological polar surface area (TPSA) is 118 Å². The molecule has 2 N–H and O–H groups in total. The van der Waals surface area contributed by atoms with Crippen LogP contribution in [0.4, 0.5) is 5.69 Å². The van der Waals surface area contributed by atoms with Crippen LogP contribution in [0.15, 0.2) is 51.8 Å². The number of nitrogens with zero attached hydrogens (tertiary/aromatic N) is 2. The molecule has 3 rings (SSSR count). The molecule has 140 valence electrons. The number of hydrogen-bond acceptors (Lipinski definition) is 6. The quantitative estimate of drug-likeness (QED) is 0.656. The van der Waals surface area contributed by atoms with Crippen LogP contribution in [0.1, 0.15) is 31.7 Å². The molecule has 0 radical (unpaired) electrons. The van der Waals surface area contributed by atoms with Gasteiger partial charge in [-0.05, 0) is 37.6 Å². The Balaban J connectivity index is 1.54. The first-order valence-corrected chi connectivity index (χ1v) is 8.35. The second-order valence-electron chi connectivity index (χ2n) is 6.58. The van der Waals surface area contributed by atoms with Gasteiger partial charge in [-0.2, -0.15) is 4.98 Å². The summed E-state index contributed by atoms with van der Waals surface area (Å²) < 4.78 is 10.1. The summed E-state index contributed by atoms with van der Waals surface area (Å²) in [6.07, 6.45) is 3.51. The number of hydrogen-bond donors (Lipinski definition) is 2. The minimum atomic E-state index is -0.993. The Morgan fingerprint density at radius 3 is 2.56 bits per heavy atom. The molecule has 8 heteroatoms. The molecular formula is C19H19N3O5. The fourth-order valence-corrected chi connectivity index (χ4v) is 2.40. The number of carboxylic acids is 1. The second-order valence-corrected chi connectivity index (χ2v) is 6.58. The lowest BCUT2D eigenvalue weighted by atomic mass is 9.85. The van der Waals surface area contributed by atoms with Crippen LogP contribution in [0.5, 0.6) is 0 Å².